The SMILES string of the molecule is O=C(C1CC(Nc2ccccn2)C1)N1CCC(O)(Cn2cnc3c(cnn3-c3ccc(F)cc3)c2=O)CC1. The molecular formula is C27H28FN7O3. The number of carbonyl (C=O) groups is 1. The number of rotatable bonds is 6. The zero-order chi connectivity index (χ0) is 26.3. The number of likely N-dealkylation sites (tertiary alicyclic amines) is 1. The Hall–Kier alpha value is -4.12. The van der Waals surface area contributed by atoms with Crippen molar-refractivity contribution in [3.05, 3.63) is 77.4 Å². The van der Waals surface area contributed by atoms with Crippen molar-refractivity contribution in [2.45, 2.75) is 43.9 Å². The molecule has 0 atom stereocenters. The fourth-order valence-corrected chi connectivity index (χ4v) is 5.30. The number of carbonyl (C=O) groups excluding carboxylic acids is 1. The monoisotopic (exact) mass is 517 g/mol. The number of aliphatic hydroxyl groups is 1. The Kier molecular flexibility index (Phi) is 6.15. The van der Waals surface area contributed by atoms with Crippen molar-refractivity contribution in [1.82, 2.24) is 29.2 Å². The predicted molar refractivity (Wildman–Crippen MR) is 138 cm³/mol. The second kappa shape index (κ2) is 9.64. The minimum Gasteiger partial charge on any atom is -0.388 e. The first-order valence-corrected chi connectivity index (χ1v) is 12.8. The number of halogens is 1. The Morgan fingerprint density at radius 2 is 1.87 bits per heavy atom. The molecule has 6 rings (SSSR count). The molecule has 0 spiro atoms. The van der Waals surface area contributed by atoms with E-state index in [1.807, 2.05) is 23.1 Å². The zero-order valence-corrected chi connectivity index (χ0v) is 20.7. The number of nitrogens with zero attached hydrogens (tertiary/aromatic N) is 6. The first-order valence-electron chi connectivity index (χ1n) is 12.8. The molecule has 1 aliphatic carbocycles. The van der Waals surface area contributed by atoms with Crippen LogP contribution < -0.4 is 10.9 Å². The molecule has 1 saturated heterocycles. The molecular weight excluding hydrogens is 489 g/mol. The van der Waals surface area contributed by atoms with Gasteiger partial charge in [0, 0.05) is 31.2 Å². The average Bonchev–Trinajstić information content (AvgIpc) is 3.34. The Morgan fingerprint density at radius 1 is 1.11 bits per heavy atom. The van der Waals surface area contributed by atoms with Gasteiger partial charge in [0.05, 0.1) is 24.0 Å². The van der Waals surface area contributed by atoms with Crippen molar-refractivity contribution in [3.63, 3.8) is 0 Å². The summed E-state index contributed by atoms with van der Waals surface area (Å²) in [6.07, 6.45) is 6.86. The molecule has 4 heterocycles. The van der Waals surface area contributed by atoms with E-state index in [0.29, 0.717) is 42.7 Å². The molecule has 11 heteroatoms. The lowest BCUT2D eigenvalue weighted by Gasteiger charge is -2.42. The van der Waals surface area contributed by atoms with E-state index in [1.165, 1.54) is 33.9 Å². The van der Waals surface area contributed by atoms with E-state index in [1.54, 1.807) is 18.3 Å². The molecule has 0 unspecified atom stereocenters. The highest BCUT2D eigenvalue weighted by atomic mass is 19.1. The molecule has 2 aliphatic rings. The van der Waals surface area contributed by atoms with Gasteiger partial charge in [-0.2, -0.15) is 5.10 Å². The third-order valence-corrected chi connectivity index (χ3v) is 7.60. The lowest BCUT2D eigenvalue weighted by atomic mass is 9.78. The van der Waals surface area contributed by atoms with Crippen molar-refractivity contribution in [2.24, 2.45) is 5.92 Å². The molecule has 0 bridgehead atoms. The van der Waals surface area contributed by atoms with Crippen LogP contribution >= 0.6 is 0 Å². The van der Waals surface area contributed by atoms with Crippen LogP contribution in [0, 0.1) is 11.7 Å². The summed E-state index contributed by atoms with van der Waals surface area (Å²) in [6.45, 7) is 0.964. The maximum absolute atomic E-state index is 13.3. The van der Waals surface area contributed by atoms with Crippen LogP contribution in [0.3, 0.4) is 0 Å². The smallest absolute Gasteiger partial charge is 0.264 e. The molecule has 1 aliphatic heterocycles. The highest BCUT2D eigenvalue weighted by Crippen LogP contribution is 2.33. The van der Waals surface area contributed by atoms with Crippen molar-refractivity contribution < 1.29 is 14.3 Å². The highest BCUT2D eigenvalue weighted by Gasteiger charge is 2.40. The number of hydrogen-bond donors (Lipinski definition) is 2. The number of piperidine rings is 1. The second-order valence-corrected chi connectivity index (χ2v) is 10.2. The van der Waals surface area contributed by atoms with Crippen LogP contribution in [-0.2, 0) is 11.3 Å². The number of pyridine rings is 1. The largest absolute Gasteiger partial charge is 0.388 e. The summed E-state index contributed by atoms with van der Waals surface area (Å²) in [5.74, 6) is 0.557. The van der Waals surface area contributed by atoms with Crippen LogP contribution in [0.2, 0.25) is 0 Å². The van der Waals surface area contributed by atoms with Crippen LogP contribution in [0.15, 0.2) is 66.0 Å². The van der Waals surface area contributed by atoms with Gasteiger partial charge < -0.3 is 15.3 Å². The summed E-state index contributed by atoms with van der Waals surface area (Å²) >= 11 is 0. The molecule has 38 heavy (non-hydrogen) atoms. The van der Waals surface area contributed by atoms with E-state index in [0.717, 1.165) is 18.7 Å². The van der Waals surface area contributed by atoms with Gasteiger partial charge in [-0.1, -0.05) is 6.07 Å². The first-order chi connectivity index (χ1) is 18.4. The lowest BCUT2D eigenvalue weighted by Crippen LogP contribution is -2.53. The molecule has 1 aromatic carbocycles. The van der Waals surface area contributed by atoms with Crippen LogP contribution in [0.4, 0.5) is 10.2 Å². The van der Waals surface area contributed by atoms with Crippen LogP contribution in [0.25, 0.3) is 16.7 Å². The number of amides is 1. The number of hydrogen-bond acceptors (Lipinski definition) is 7. The molecule has 1 saturated carbocycles. The second-order valence-electron chi connectivity index (χ2n) is 10.2. The fourth-order valence-electron chi connectivity index (χ4n) is 5.30. The molecule has 4 aromatic rings. The predicted octanol–water partition coefficient (Wildman–Crippen LogP) is 2.36. The van der Waals surface area contributed by atoms with Gasteiger partial charge in [-0.05, 0) is 62.1 Å². The molecule has 2 fully saturated rings. The summed E-state index contributed by atoms with van der Waals surface area (Å²) in [4.78, 5) is 36.6. The Morgan fingerprint density at radius 3 is 2.58 bits per heavy atom. The van der Waals surface area contributed by atoms with Gasteiger partial charge >= 0.3 is 0 Å². The third-order valence-electron chi connectivity index (χ3n) is 7.60. The molecule has 0 radical (unpaired) electrons. The highest BCUT2D eigenvalue weighted by molar-refractivity contribution is 5.80. The Labute approximate surface area is 217 Å². The number of fused-ring (bicyclic) bond motifs is 1. The molecule has 196 valence electrons. The summed E-state index contributed by atoms with van der Waals surface area (Å²) in [5.41, 5.74) is -0.476. The quantitative estimate of drug-likeness (QED) is 0.403. The Bertz CT molecular complexity index is 1510. The minimum absolute atomic E-state index is 0.0192. The Balaban J connectivity index is 1.07. The number of nitrogens with one attached hydrogen (secondary N) is 1. The molecule has 10 nitrogen and oxygen atoms in total. The van der Waals surface area contributed by atoms with E-state index in [-0.39, 0.29) is 35.8 Å². The maximum Gasteiger partial charge on any atom is 0.264 e. The normalized spacial score (nSPS) is 20.7. The molecule has 1 amide bonds. The van der Waals surface area contributed by atoms with E-state index in [4.69, 9.17) is 0 Å². The zero-order valence-electron chi connectivity index (χ0n) is 20.7. The van der Waals surface area contributed by atoms with Crippen LogP contribution in [-0.4, -0.2) is 65.0 Å². The van der Waals surface area contributed by atoms with Gasteiger partial charge in [0.25, 0.3) is 5.56 Å². The van der Waals surface area contributed by atoms with E-state index in [9.17, 15) is 19.1 Å². The van der Waals surface area contributed by atoms with Gasteiger partial charge in [-0.3, -0.25) is 14.2 Å². The van der Waals surface area contributed by atoms with E-state index >= 15 is 0 Å². The lowest BCUT2D eigenvalue weighted by molar-refractivity contribution is -0.143. The molecule has 3 aromatic heterocycles. The van der Waals surface area contributed by atoms with Crippen LogP contribution in [0.1, 0.15) is 25.7 Å². The van der Waals surface area contributed by atoms with Gasteiger partial charge in [0.1, 0.15) is 23.3 Å². The van der Waals surface area contributed by atoms with Crippen molar-refractivity contribution in [3.8, 4) is 5.69 Å². The molecule has 2 N–H and O–H groups in total. The number of benzene rings is 1. The minimum atomic E-state index is -1.12. The first kappa shape index (κ1) is 24.2. The fraction of sp³-hybridized carbons (Fsp3) is 0.370. The van der Waals surface area contributed by atoms with Gasteiger partial charge in [0.2, 0.25) is 5.91 Å². The van der Waals surface area contributed by atoms with Crippen molar-refractivity contribution in [2.75, 3.05) is 18.4 Å². The maximum atomic E-state index is 13.3. The summed E-state index contributed by atoms with van der Waals surface area (Å²) in [6, 6.07) is 11.7. The van der Waals surface area contributed by atoms with Gasteiger partial charge in [-0.25, -0.2) is 19.0 Å². The summed E-state index contributed by atoms with van der Waals surface area (Å²) in [7, 11) is 0. The summed E-state index contributed by atoms with van der Waals surface area (Å²) < 4.78 is 16.2. The van der Waals surface area contributed by atoms with Crippen LogP contribution in [0.5, 0.6) is 0 Å². The average molecular weight is 518 g/mol. The van der Waals surface area contributed by atoms with Crippen molar-refractivity contribution in [1.29, 1.82) is 0 Å². The number of aromatic nitrogens is 5. The van der Waals surface area contributed by atoms with E-state index < -0.39 is 5.60 Å². The van der Waals surface area contributed by atoms with Gasteiger partial charge in [-0.15, -0.1) is 0 Å². The van der Waals surface area contributed by atoms with E-state index in [2.05, 4.69) is 20.4 Å². The standard InChI is InChI=1S/C27H28FN7O3/c28-19-4-6-21(7-5-19)35-24-22(15-31-35)26(37)34(17-30-24)16-27(38)8-11-33(12-9-27)25(36)18-13-20(14-18)32-23-3-1-2-10-29-23/h1-7,10,15,17-18,20,38H,8-9,11-14,16H2,(H,29,32). The van der Waals surface area contributed by atoms with Crippen molar-refractivity contribution >= 4 is 22.8 Å². The number of anilines is 1. The topological polar surface area (TPSA) is 118 Å². The van der Waals surface area contributed by atoms with Gasteiger partial charge in [0.15, 0.2) is 5.65 Å². The third kappa shape index (κ3) is 4.65. The summed E-state index contributed by atoms with van der Waals surface area (Å²) in [5, 5.41) is 19.2.